The summed E-state index contributed by atoms with van der Waals surface area (Å²) in [4.78, 5) is 31.8. The maximum Gasteiger partial charge on any atom is 0.255 e. The van der Waals surface area contributed by atoms with Crippen molar-refractivity contribution in [2.24, 2.45) is 0 Å². The van der Waals surface area contributed by atoms with Crippen LogP contribution in [0.15, 0.2) is 30.3 Å². The molecule has 0 unspecified atom stereocenters. The molecule has 0 spiro atoms. The van der Waals surface area contributed by atoms with E-state index in [-0.39, 0.29) is 11.8 Å². The molecule has 1 fully saturated rings. The summed E-state index contributed by atoms with van der Waals surface area (Å²) in [5.74, 6) is 0.00266. The zero-order valence-electron chi connectivity index (χ0n) is 13.8. The number of aryl methyl sites for hydroxylation is 2. The van der Waals surface area contributed by atoms with Gasteiger partial charge in [0.25, 0.3) is 11.8 Å². The Morgan fingerprint density at radius 2 is 1.50 bits per heavy atom. The molecule has 1 aromatic carbocycles. The van der Waals surface area contributed by atoms with Crippen LogP contribution >= 0.6 is 11.6 Å². The summed E-state index contributed by atoms with van der Waals surface area (Å²) in [6.07, 6.45) is 0. The van der Waals surface area contributed by atoms with Gasteiger partial charge in [-0.05, 0) is 44.2 Å². The van der Waals surface area contributed by atoms with Gasteiger partial charge in [0, 0.05) is 48.2 Å². The zero-order valence-corrected chi connectivity index (χ0v) is 14.6. The number of aromatic nitrogens is 1. The average molecular weight is 346 g/mol. The molecule has 2 heterocycles. The highest BCUT2D eigenvalue weighted by atomic mass is 35.5. The first-order valence-corrected chi connectivity index (χ1v) is 8.34. The van der Waals surface area contributed by atoms with Crippen LogP contribution in [0.3, 0.4) is 0 Å². The number of carbonyl (C=O) groups is 2. The minimum Gasteiger partial charge on any atom is -0.362 e. The van der Waals surface area contributed by atoms with Gasteiger partial charge >= 0.3 is 0 Å². The molecule has 1 aliphatic heterocycles. The maximum atomic E-state index is 12.6. The van der Waals surface area contributed by atoms with E-state index in [1.807, 2.05) is 19.9 Å². The molecule has 126 valence electrons. The summed E-state index contributed by atoms with van der Waals surface area (Å²) in [5.41, 5.74) is 3.20. The first-order valence-electron chi connectivity index (χ1n) is 7.96. The predicted molar refractivity (Wildman–Crippen MR) is 93.5 cm³/mol. The Labute approximate surface area is 146 Å². The number of aromatic amines is 1. The molecule has 0 atom stereocenters. The van der Waals surface area contributed by atoms with Gasteiger partial charge in [0.05, 0.1) is 5.56 Å². The second kappa shape index (κ2) is 6.69. The van der Waals surface area contributed by atoms with E-state index < -0.39 is 0 Å². The van der Waals surface area contributed by atoms with Gasteiger partial charge in [0.1, 0.15) is 0 Å². The minimum absolute atomic E-state index is 0.0209. The minimum atomic E-state index is -0.0209. The number of rotatable bonds is 2. The van der Waals surface area contributed by atoms with Crippen molar-refractivity contribution in [3.8, 4) is 0 Å². The summed E-state index contributed by atoms with van der Waals surface area (Å²) < 4.78 is 0. The second-order valence-corrected chi connectivity index (χ2v) is 6.52. The van der Waals surface area contributed by atoms with Crippen LogP contribution in [0, 0.1) is 13.8 Å². The number of hydrogen-bond donors (Lipinski definition) is 1. The molecule has 6 heteroatoms. The molecule has 24 heavy (non-hydrogen) atoms. The summed E-state index contributed by atoms with van der Waals surface area (Å²) >= 11 is 5.86. The molecule has 1 aromatic heterocycles. The SMILES string of the molecule is Cc1cc(C(=O)N2CCN(C(=O)c3ccc(Cl)cc3)CC2)c(C)[nH]1. The number of nitrogens with one attached hydrogen (secondary N) is 1. The van der Waals surface area contributed by atoms with E-state index in [2.05, 4.69) is 4.98 Å². The fraction of sp³-hybridized carbons (Fsp3) is 0.333. The lowest BCUT2D eigenvalue weighted by Gasteiger charge is -2.34. The molecule has 5 nitrogen and oxygen atoms in total. The maximum absolute atomic E-state index is 12.6. The third-order valence-electron chi connectivity index (χ3n) is 4.33. The van der Waals surface area contributed by atoms with E-state index in [0.717, 1.165) is 11.4 Å². The number of amides is 2. The average Bonchev–Trinajstić information content (AvgIpc) is 2.93. The Morgan fingerprint density at radius 1 is 0.958 bits per heavy atom. The highest BCUT2D eigenvalue weighted by Gasteiger charge is 2.26. The van der Waals surface area contributed by atoms with Crippen LogP contribution < -0.4 is 0 Å². The standard InChI is InChI=1S/C18H20ClN3O2/c1-12-11-16(13(2)20-12)18(24)22-9-7-21(8-10-22)17(23)14-3-5-15(19)6-4-14/h3-6,11,20H,7-10H2,1-2H3. The molecule has 0 radical (unpaired) electrons. The number of halogens is 1. The molecule has 2 aromatic rings. The molecule has 0 aliphatic carbocycles. The molecular weight excluding hydrogens is 326 g/mol. The van der Waals surface area contributed by atoms with E-state index in [9.17, 15) is 9.59 Å². The molecular formula is C18H20ClN3O2. The van der Waals surface area contributed by atoms with Crippen molar-refractivity contribution in [3.63, 3.8) is 0 Å². The molecule has 1 aliphatic rings. The van der Waals surface area contributed by atoms with Crippen LogP contribution in [0.1, 0.15) is 32.1 Å². The van der Waals surface area contributed by atoms with Crippen LogP contribution in [0.2, 0.25) is 5.02 Å². The van der Waals surface area contributed by atoms with Crippen LogP contribution in [0.4, 0.5) is 0 Å². The van der Waals surface area contributed by atoms with Gasteiger partial charge in [0.2, 0.25) is 0 Å². The molecule has 0 saturated carbocycles. The highest BCUT2D eigenvalue weighted by molar-refractivity contribution is 6.30. The summed E-state index contributed by atoms with van der Waals surface area (Å²) in [7, 11) is 0. The Kier molecular flexibility index (Phi) is 4.62. The fourth-order valence-corrected chi connectivity index (χ4v) is 3.13. The Balaban J connectivity index is 1.63. The van der Waals surface area contributed by atoms with Crippen molar-refractivity contribution in [1.29, 1.82) is 0 Å². The van der Waals surface area contributed by atoms with Gasteiger partial charge in [-0.3, -0.25) is 9.59 Å². The normalized spacial score (nSPS) is 14.8. The van der Waals surface area contributed by atoms with Crippen LogP contribution in [-0.2, 0) is 0 Å². The number of H-pyrrole nitrogens is 1. The predicted octanol–water partition coefficient (Wildman–Crippen LogP) is 2.88. The zero-order chi connectivity index (χ0) is 17.3. The van der Waals surface area contributed by atoms with Gasteiger partial charge < -0.3 is 14.8 Å². The van der Waals surface area contributed by atoms with Crippen molar-refractivity contribution in [2.45, 2.75) is 13.8 Å². The number of carbonyl (C=O) groups excluding carboxylic acids is 2. The third kappa shape index (κ3) is 3.31. The Bertz CT molecular complexity index is 759. The van der Waals surface area contributed by atoms with Crippen molar-refractivity contribution in [3.05, 3.63) is 57.9 Å². The fourth-order valence-electron chi connectivity index (χ4n) is 3.00. The quantitative estimate of drug-likeness (QED) is 0.909. The lowest BCUT2D eigenvalue weighted by Crippen LogP contribution is -2.50. The van der Waals surface area contributed by atoms with Gasteiger partial charge in [0.15, 0.2) is 0 Å². The van der Waals surface area contributed by atoms with Crippen LogP contribution in [0.5, 0.6) is 0 Å². The molecule has 1 saturated heterocycles. The van der Waals surface area contributed by atoms with E-state index in [1.54, 1.807) is 34.1 Å². The van der Waals surface area contributed by atoms with E-state index in [0.29, 0.717) is 42.3 Å². The smallest absolute Gasteiger partial charge is 0.255 e. The molecule has 1 N–H and O–H groups in total. The van der Waals surface area contributed by atoms with Crippen molar-refractivity contribution in [2.75, 3.05) is 26.2 Å². The first kappa shape index (κ1) is 16.6. The topological polar surface area (TPSA) is 56.4 Å². The number of hydrogen-bond acceptors (Lipinski definition) is 2. The molecule has 2 amide bonds. The van der Waals surface area contributed by atoms with Gasteiger partial charge in [-0.1, -0.05) is 11.6 Å². The highest BCUT2D eigenvalue weighted by Crippen LogP contribution is 2.16. The van der Waals surface area contributed by atoms with Gasteiger partial charge in [-0.2, -0.15) is 0 Å². The van der Waals surface area contributed by atoms with Crippen LogP contribution in [0.25, 0.3) is 0 Å². The molecule has 0 bridgehead atoms. The number of piperazine rings is 1. The lowest BCUT2D eigenvalue weighted by atomic mass is 10.1. The lowest BCUT2D eigenvalue weighted by molar-refractivity contribution is 0.0535. The van der Waals surface area contributed by atoms with E-state index in [1.165, 1.54) is 0 Å². The Hall–Kier alpha value is -2.27. The van der Waals surface area contributed by atoms with Gasteiger partial charge in [-0.25, -0.2) is 0 Å². The first-order chi connectivity index (χ1) is 11.5. The van der Waals surface area contributed by atoms with Crippen LogP contribution in [-0.4, -0.2) is 52.8 Å². The summed E-state index contributed by atoms with van der Waals surface area (Å²) in [6, 6.07) is 8.77. The van der Waals surface area contributed by atoms with Crippen molar-refractivity contribution >= 4 is 23.4 Å². The summed E-state index contributed by atoms with van der Waals surface area (Å²) in [6.45, 7) is 6.00. The molecule has 3 rings (SSSR count). The van der Waals surface area contributed by atoms with Crippen molar-refractivity contribution < 1.29 is 9.59 Å². The third-order valence-corrected chi connectivity index (χ3v) is 4.58. The second-order valence-electron chi connectivity index (χ2n) is 6.08. The monoisotopic (exact) mass is 345 g/mol. The number of benzene rings is 1. The largest absolute Gasteiger partial charge is 0.362 e. The number of nitrogens with zero attached hydrogens (tertiary/aromatic N) is 2. The van der Waals surface area contributed by atoms with E-state index >= 15 is 0 Å². The Morgan fingerprint density at radius 3 is 2.00 bits per heavy atom. The summed E-state index contributed by atoms with van der Waals surface area (Å²) in [5, 5.41) is 0.610. The van der Waals surface area contributed by atoms with Crippen molar-refractivity contribution in [1.82, 2.24) is 14.8 Å². The van der Waals surface area contributed by atoms with E-state index in [4.69, 9.17) is 11.6 Å². The van der Waals surface area contributed by atoms with Gasteiger partial charge in [-0.15, -0.1) is 0 Å².